The molecule has 1 N–H and O–H groups in total. The van der Waals surface area contributed by atoms with Crippen molar-refractivity contribution in [3.8, 4) is 5.75 Å². The minimum atomic E-state index is -0.641. The van der Waals surface area contributed by atoms with Crippen molar-refractivity contribution in [3.05, 3.63) is 83.4 Å². The van der Waals surface area contributed by atoms with Crippen molar-refractivity contribution in [2.75, 3.05) is 0 Å². The van der Waals surface area contributed by atoms with E-state index >= 15 is 0 Å². The fourth-order valence-corrected chi connectivity index (χ4v) is 5.02. The number of carbonyl (C=O) groups is 3. The molecule has 1 aromatic heterocycles. The Kier molecular flexibility index (Phi) is 6.59. The van der Waals surface area contributed by atoms with Crippen molar-refractivity contribution in [1.29, 1.82) is 0 Å². The Balaban J connectivity index is 1.28. The van der Waals surface area contributed by atoms with E-state index in [4.69, 9.17) is 4.74 Å². The summed E-state index contributed by atoms with van der Waals surface area (Å²) < 4.78 is 8.29. The number of nitrogens with zero attached hydrogens (tertiary/aromatic N) is 3. The first-order valence-electron chi connectivity index (χ1n) is 12.4. The summed E-state index contributed by atoms with van der Waals surface area (Å²) in [4.78, 5) is 42.6. The minimum Gasteiger partial charge on any atom is -0.489 e. The quantitative estimate of drug-likeness (QED) is 0.488. The molecular formula is C28H30N4O4. The first-order valence-corrected chi connectivity index (χ1v) is 12.4. The van der Waals surface area contributed by atoms with Crippen LogP contribution in [-0.4, -0.2) is 38.2 Å². The third-order valence-corrected chi connectivity index (χ3v) is 6.88. The van der Waals surface area contributed by atoms with E-state index in [-0.39, 0.29) is 30.8 Å². The summed E-state index contributed by atoms with van der Waals surface area (Å²) >= 11 is 0. The van der Waals surface area contributed by atoms with E-state index in [1.54, 1.807) is 23.2 Å². The number of ether oxygens (including phenoxy) is 1. The number of carbonyl (C=O) groups excluding carboxylic acids is 3. The van der Waals surface area contributed by atoms with Crippen LogP contribution in [0.3, 0.4) is 0 Å². The van der Waals surface area contributed by atoms with Crippen molar-refractivity contribution in [2.24, 2.45) is 5.92 Å². The van der Waals surface area contributed by atoms with Gasteiger partial charge in [0.25, 0.3) is 5.91 Å². The van der Waals surface area contributed by atoms with Gasteiger partial charge in [0.1, 0.15) is 18.4 Å². The van der Waals surface area contributed by atoms with Gasteiger partial charge in [-0.2, -0.15) is 0 Å². The predicted molar refractivity (Wildman–Crippen MR) is 133 cm³/mol. The lowest BCUT2D eigenvalue weighted by Crippen LogP contribution is -2.52. The van der Waals surface area contributed by atoms with Gasteiger partial charge in [-0.3, -0.25) is 19.7 Å². The Morgan fingerprint density at radius 2 is 1.92 bits per heavy atom. The van der Waals surface area contributed by atoms with Gasteiger partial charge in [-0.25, -0.2) is 4.98 Å². The zero-order chi connectivity index (χ0) is 25.2. The monoisotopic (exact) mass is 486 g/mol. The molecule has 0 aliphatic carbocycles. The summed E-state index contributed by atoms with van der Waals surface area (Å²) in [5.41, 5.74) is 3.57. The molecule has 1 saturated heterocycles. The van der Waals surface area contributed by atoms with Gasteiger partial charge in [-0.05, 0) is 42.0 Å². The number of hydrogen-bond acceptors (Lipinski definition) is 5. The van der Waals surface area contributed by atoms with Crippen molar-refractivity contribution in [3.63, 3.8) is 0 Å². The Hall–Kier alpha value is -3.94. The van der Waals surface area contributed by atoms with Crippen LogP contribution in [0, 0.1) is 5.92 Å². The SMILES string of the molecule is CC(C)CC(c1ccc(COc2cccc3c2CN(C2CCC(=O)NC2=O)C3=O)cc1)n1ccnc1. The number of hydrogen-bond donors (Lipinski definition) is 1. The lowest BCUT2D eigenvalue weighted by molar-refractivity contribution is -0.136. The van der Waals surface area contributed by atoms with Gasteiger partial charge in [-0.1, -0.05) is 44.2 Å². The average molecular weight is 487 g/mol. The van der Waals surface area contributed by atoms with E-state index in [1.807, 2.05) is 18.6 Å². The van der Waals surface area contributed by atoms with Crippen LogP contribution in [0.15, 0.2) is 61.2 Å². The molecule has 2 unspecified atom stereocenters. The molecule has 186 valence electrons. The molecule has 36 heavy (non-hydrogen) atoms. The largest absolute Gasteiger partial charge is 0.489 e. The lowest BCUT2D eigenvalue weighted by atomic mass is 9.96. The molecule has 3 amide bonds. The molecule has 8 heteroatoms. The number of fused-ring (bicyclic) bond motifs is 1. The number of rotatable bonds is 8. The average Bonchev–Trinajstić information content (AvgIpc) is 3.51. The number of imidazole rings is 1. The highest BCUT2D eigenvalue weighted by molar-refractivity contribution is 6.05. The summed E-state index contributed by atoms with van der Waals surface area (Å²) in [5, 5.41) is 2.34. The van der Waals surface area contributed by atoms with Crippen LogP contribution in [-0.2, 0) is 22.7 Å². The summed E-state index contributed by atoms with van der Waals surface area (Å²) in [6, 6.07) is 13.4. The summed E-state index contributed by atoms with van der Waals surface area (Å²) in [6.45, 7) is 5.09. The van der Waals surface area contributed by atoms with E-state index in [9.17, 15) is 14.4 Å². The van der Waals surface area contributed by atoms with E-state index in [2.05, 4.69) is 53.0 Å². The maximum absolute atomic E-state index is 13.0. The first kappa shape index (κ1) is 23.8. The fourth-order valence-electron chi connectivity index (χ4n) is 5.02. The standard InChI is InChI=1S/C28H30N4O4/c1-18(2)14-24(31-13-12-29-17-31)20-8-6-19(7-9-20)16-36-25-5-3-4-21-22(25)15-32(28(21)35)23-10-11-26(33)30-27(23)34/h3-9,12-13,17-18,23-24H,10-11,14-16H2,1-2H3,(H,30,33,34). The van der Waals surface area contributed by atoms with Crippen LogP contribution in [0.25, 0.3) is 0 Å². The van der Waals surface area contributed by atoms with Gasteiger partial charge in [0, 0.05) is 29.9 Å². The second kappa shape index (κ2) is 9.97. The molecule has 5 rings (SSSR count). The van der Waals surface area contributed by atoms with Crippen LogP contribution in [0.5, 0.6) is 5.75 Å². The summed E-state index contributed by atoms with van der Waals surface area (Å²) in [7, 11) is 0. The Morgan fingerprint density at radius 3 is 2.61 bits per heavy atom. The number of imide groups is 1. The van der Waals surface area contributed by atoms with Crippen LogP contribution in [0.4, 0.5) is 0 Å². The van der Waals surface area contributed by atoms with E-state index in [1.165, 1.54) is 5.56 Å². The molecule has 0 spiro atoms. The van der Waals surface area contributed by atoms with E-state index in [0.717, 1.165) is 17.5 Å². The zero-order valence-corrected chi connectivity index (χ0v) is 20.5. The molecule has 1 fully saturated rings. The molecule has 8 nitrogen and oxygen atoms in total. The fraction of sp³-hybridized carbons (Fsp3) is 0.357. The number of amides is 3. The van der Waals surface area contributed by atoms with Gasteiger partial charge in [0.15, 0.2) is 0 Å². The number of piperidine rings is 1. The smallest absolute Gasteiger partial charge is 0.255 e. The Labute approximate surface area is 210 Å². The third kappa shape index (κ3) is 4.76. The molecule has 2 aromatic carbocycles. The van der Waals surface area contributed by atoms with Crippen LogP contribution < -0.4 is 10.1 Å². The third-order valence-electron chi connectivity index (χ3n) is 6.88. The molecular weight excluding hydrogens is 456 g/mol. The van der Waals surface area contributed by atoms with Crippen molar-refractivity contribution >= 4 is 17.7 Å². The molecule has 3 aromatic rings. The highest BCUT2D eigenvalue weighted by Crippen LogP contribution is 2.34. The predicted octanol–water partition coefficient (Wildman–Crippen LogP) is 3.86. The maximum atomic E-state index is 13.0. The molecule has 3 heterocycles. The first-order chi connectivity index (χ1) is 17.4. The Morgan fingerprint density at radius 1 is 1.11 bits per heavy atom. The van der Waals surface area contributed by atoms with Gasteiger partial charge in [0.2, 0.25) is 11.8 Å². The highest BCUT2D eigenvalue weighted by atomic mass is 16.5. The highest BCUT2D eigenvalue weighted by Gasteiger charge is 2.40. The zero-order valence-electron chi connectivity index (χ0n) is 20.5. The van der Waals surface area contributed by atoms with E-state index in [0.29, 0.717) is 30.3 Å². The molecule has 0 radical (unpaired) electrons. The number of aromatic nitrogens is 2. The van der Waals surface area contributed by atoms with Crippen LogP contribution >= 0.6 is 0 Å². The second-order valence-corrected chi connectivity index (χ2v) is 9.87. The van der Waals surface area contributed by atoms with Gasteiger partial charge in [0.05, 0.1) is 18.9 Å². The van der Waals surface area contributed by atoms with Crippen molar-refractivity contribution in [2.45, 2.75) is 58.3 Å². The Bertz CT molecular complexity index is 1270. The van der Waals surface area contributed by atoms with Gasteiger partial charge >= 0.3 is 0 Å². The normalized spacial score (nSPS) is 18.4. The van der Waals surface area contributed by atoms with Gasteiger partial charge < -0.3 is 14.2 Å². The molecule has 0 bridgehead atoms. The van der Waals surface area contributed by atoms with Crippen molar-refractivity contribution < 1.29 is 19.1 Å². The van der Waals surface area contributed by atoms with Crippen LogP contribution in [0.1, 0.15) is 66.2 Å². The topological polar surface area (TPSA) is 93.5 Å². The van der Waals surface area contributed by atoms with E-state index < -0.39 is 11.9 Å². The lowest BCUT2D eigenvalue weighted by Gasteiger charge is -2.29. The van der Waals surface area contributed by atoms with Gasteiger partial charge in [-0.15, -0.1) is 0 Å². The molecule has 2 aliphatic heterocycles. The molecule has 2 aliphatic rings. The van der Waals surface area contributed by atoms with Crippen LogP contribution in [0.2, 0.25) is 0 Å². The molecule has 0 saturated carbocycles. The van der Waals surface area contributed by atoms with Crippen molar-refractivity contribution in [1.82, 2.24) is 19.8 Å². The molecule has 2 atom stereocenters. The maximum Gasteiger partial charge on any atom is 0.255 e. The second-order valence-electron chi connectivity index (χ2n) is 9.87. The number of nitrogens with one attached hydrogen (secondary N) is 1. The number of benzene rings is 2. The summed E-state index contributed by atoms with van der Waals surface area (Å²) in [6.07, 6.45) is 7.25. The minimum absolute atomic E-state index is 0.204. The summed E-state index contributed by atoms with van der Waals surface area (Å²) in [5.74, 6) is 0.265.